The van der Waals surface area contributed by atoms with E-state index in [4.69, 9.17) is 0 Å². The molecule has 0 unspecified atom stereocenters. The molecule has 0 spiro atoms. The van der Waals surface area contributed by atoms with Crippen molar-refractivity contribution in [3.63, 3.8) is 0 Å². The summed E-state index contributed by atoms with van der Waals surface area (Å²) in [6.07, 6.45) is 2.52. The third kappa shape index (κ3) is 9.76. The molecule has 0 aliphatic heterocycles. The molecule has 310 valence electrons. The maximum absolute atomic E-state index is 11.7. The van der Waals surface area contributed by atoms with Crippen molar-refractivity contribution >= 4 is 58.6 Å². The molecule has 5 heteroatoms. The van der Waals surface area contributed by atoms with Gasteiger partial charge in [0, 0.05) is 43.0 Å². The van der Waals surface area contributed by atoms with Crippen LogP contribution in [0.25, 0.3) is 54.9 Å². The van der Waals surface area contributed by atoms with E-state index in [-0.39, 0.29) is 32.6 Å². The zero-order valence-corrected chi connectivity index (χ0v) is 39.0. The molecule has 63 heavy (non-hydrogen) atoms. The van der Waals surface area contributed by atoms with Crippen molar-refractivity contribution in [1.82, 2.24) is 0 Å². The van der Waals surface area contributed by atoms with Gasteiger partial charge in [0.2, 0.25) is 0 Å². The molecule has 0 aromatic heterocycles. The number of phenols is 2. The van der Waals surface area contributed by atoms with Crippen LogP contribution >= 0.6 is 15.8 Å². The molecule has 0 bridgehead atoms. The maximum atomic E-state index is 11.7. The summed E-state index contributed by atoms with van der Waals surface area (Å²) in [6, 6.07) is 84.4. The molecule has 2 N–H and O–H groups in total. The second kappa shape index (κ2) is 20.8. The van der Waals surface area contributed by atoms with Crippen molar-refractivity contribution < 1.29 is 31.3 Å². The number of aromatic hydroxyl groups is 2. The molecule has 0 saturated heterocycles. The Labute approximate surface area is 387 Å². The molecular weight excluding hydrogens is 986 g/mol. The number of rotatable bonds is 10. The Morgan fingerprint density at radius 1 is 0.302 bits per heavy atom. The van der Waals surface area contributed by atoms with Gasteiger partial charge < -0.3 is 10.2 Å². The van der Waals surface area contributed by atoms with Crippen molar-refractivity contribution in [2.45, 2.75) is 0 Å². The van der Waals surface area contributed by atoms with Crippen LogP contribution in [0.3, 0.4) is 0 Å². The third-order valence-corrected chi connectivity index (χ3v) is 17.7. The van der Waals surface area contributed by atoms with E-state index in [0.717, 1.165) is 43.8 Å². The molecule has 2 nitrogen and oxygen atoms in total. The molecule has 0 radical (unpaired) electrons. The van der Waals surface area contributed by atoms with Gasteiger partial charge in [0.1, 0.15) is 23.8 Å². The van der Waals surface area contributed by atoms with Gasteiger partial charge in [-0.15, -0.1) is 0 Å². The molecule has 0 saturated carbocycles. The monoisotopic (exact) mass is 1030 g/mol. The van der Waals surface area contributed by atoms with Gasteiger partial charge in [0.05, 0.1) is 37.1 Å². The Balaban J connectivity index is 0.000000173. The maximum Gasteiger partial charge on any atom is 0.132 e. The van der Waals surface area contributed by atoms with Crippen molar-refractivity contribution in [2.24, 2.45) is 0 Å². The first-order valence-electron chi connectivity index (χ1n) is 21.2. The third-order valence-electron chi connectivity index (χ3n) is 11.6. The van der Waals surface area contributed by atoms with Crippen LogP contribution in [0.15, 0.2) is 243 Å². The van der Waals surface area contributed by atoms with Crippen LogP contribution in [0.4, 0.5) is 0 Å². The molecule has 0 fully saturated rings. The van der Waals surface area contributed by atoms with Crippen LogP contribution in [0, 0.1) is 0 Å². The number of hydrogen-bond donors (Lipinski definition) is 2. The molecule has 0 heterocycles. The summed E-state index contributed by atoms with van der Waals surface area (Å²) in [5, 5.41) is 32.9. The predicted octanol–water partition coefficient (Wildman–Crippen LogP) is 13.1. The zero-order chi connectivity index (χ0) is 42.1. The van der Waals surface area contributed by atoms with Crippen LogP contribution in [0.5, 0.6) is 11.5 Å². The van der Waals surface area contributed by atoms with Gasteiger partial charge in [-0.2, -0.15) is 0 Å². The summed E-state index contributed by atoms with van der Waals surface area (Å²) in [4.78, 5) is 0. The molecule has 0 aliphatic rings. The first kappa shape index (κ1) is 43.5. The van der Waals surface area contributed by atoms with Gasteiger partial charge in [-0.1, -0.05) is 182 Å². The largest absolute Gasteiger partial charge is 0.507 e. The molecule has 0 aliphatic carbocycles. The molecule has 0 amide bonds. The molecule has 0 atom stereocenters. The van der Waals surface area contributed by atoms with Crippen molar-refractivity contribution in [3.05, 3.63) is 243 Å². The molecule has 10 rings (SSSR count). The zero-order valence-electron chi connectivity index (χ0n) is 34.7. The average Bonchev–Trinajstić information content (AvgIpc) is 3.35. The number of phenolic OH excluding ortho intramolecular Hbond substituents is 2. The van der Waals surface area contributed by atoms with Gasteiger partial charge >= 0.3 is 0 Å². The summed E-state index contributed by atoms with van der Waals surface area (Å²) < 4.78 is 0. The fourth-order valence-electron chi connectivity index (χ4n) is 8.57. The Hall–Kier alpha value is -6.13. The number of fused-ring (bicyclic) bond motifs is 2. The molecule has 10 aromatic carbocycles. The van der Waals surface area contributed by atoms with E-state index in [1.807, 2.05) is 109 Å². The second-order valence-electron chi connectivity index (χ2n) is 15.4. The van der Waals surface area contributed by atoms with Crippen molar-refractivity contribution in [3.8, 4) is 44.9 Å². The van der Waals surface area contributed by atoms with E-state index >= 15 is 0 Å². The van der Waals surface area contributed by atoms with E-state index in [0.29, 0.717) is 11.1 Å². The minimum Gasteiger partial charge on any atom is -0.507 e. The van der Waals surface area contributed by atoms with E-state index in [1.54, 1.807) is 0 Å². The van der Waals surface area contributed by atoms with Crippen LogP contribution in [0.1, 0.15) is 0 Å². The predicted molar refractivity (Wildman–Crippen MR) is 272 cm³/mol. The smallest absolute Gasteiger partial charge is 0.132 e. The van der Waals surface area contributed by atoms with E-state index in [9.17, 15) is 10.2 Å². The normalized spacial score (nSPS) is 11.0. The van der Waals surface area contributed by atoms with Gasteiger partial charge in [0.15, 0.2) is 0 Å². The van der Waals surface area contributed by atoms with Gasteiger partial charge in [0.25, 0.3) is 0 Å². The minimum absolute atomic E-state index is 0. The van der Waals surface area contributed by atoms with Crippen LogP contribution < -0.4 is 21.2 Å². The summed E-state index contributed by atoms with van der Waals surface area (Å²) in [5.74, 6) is 0.333. The van der Waals surface area contributed by atoms with E-state index < -0.39 is 15.8 Å². The summed E-state index contributed by atoms with van der Waals surface area (Å²) >= 11 is 0. The van der Waals surface area contributed by atoms with Crippen LogP contribution in [0.2, 0.25) is 0 Å². The second-order valence-corrected chi connectivity index (χ2v) is 20.6. The Morgan fingerprint density at radius 2 is 0.556 bits per heavy atom. The van der Waals surface area contributed by atoms with E-state index in [2.05, 4.69) is 133 Å². The fourth-order valence-corrected chi connectivity index (χ4v) is 14.8. The minimum atomic E-state index is -0.783. The average molecular weight is 1030 g/mol. The first-order valence-corrected chi connectivity index (χ1v) is 24.6. The SMILES string of the molecule is Oc1c(-c2c(-c3ccccc3)cc3ccccc3c2O)c(-c2ccccc2)cc2ccccc12.[Pt].c1ccc([PH+](CC[PH+](c2ccccc2)c2ccccc2)c2ccccc2)cc1. The van der Waals surface area contributed by atoms with Gasteiger partial charge in [-0.3, -0.25) is 0 Å². The number of hydrogen-bond acceptors (Lipinski definition) is 2. The van der Waals surface area contributed by atoms with Crippen molar-refractivity contribution in [2.75, 3.05) is 12.3 Å². The molecule has 10 aromatic rings. The van der Waals surface area contributed by atoms with Crippen molar-refractivity contribution in [1.29, 1.82) is 0 Å². The van der Waals surface area contributed by atoms with Gasteiger partial charge in [-0.25, -0.2) is 0 Å². The topological polar surface area (TPSA) is 40.5 Å². The first-order chi connectivity index (χ1) is 30.6. The molecular formula is C58H48O2P2Pt+2. The Morgan fingerprint density at radius 3 is 0.857 bits per heavy atom. The Kier molecular flexibility index (Phi) is 14.4. The summed E-state index contributed by atoms with van der Waals surface area (Å²) in [6.45, 7) is 0. The quantitative estimate of drug-likeness (QED) is 0.134. The van der Waals surface area contributed by atoms with Crippen LogP contribution in [-0.2, 0) is 21.1 Å². The standard InChI is InChI=1S/C32H22O2.C26H24P2.Pt/c33-31-25-17-9-7-15-23(25)19-27(21-11-3-1-4-12-21)29(31)30-28(22-13-5-2-6-14-22)20-24-16-8-10-18-26(24)32(30)34;1-5-13-23(14-6-1)27(24-15-7-2-8-16-24)21-22-28(25-17-9-3-10-18-25)26-19-11-4-12-20-26;/h1-20,33-34H;1-20H,21-22H2;/p+2. The Bertz CT molecular complexity index is 2740. The van der Waals surface area contributed by atoms with Gasteiger partial charge in [-0.05, 0) is 93.7 Å². The summed E-state index contributed by atoms with van der Waals surface area (Å²) in [5.41, 5.74) is 4.97. The number of benzene rings is 10. The fraction of sp³-hybridized carbons (Fsp3) is 0.0345. The summed E-state index contributed by atoms with van der Waals surface area (Å²) in [7, 11) is -1.57. The van der Waals surface area contributed by atoms with E-state index in [1.165, 1.54) is 33.5 Å². The van der Waals surface area contributed by atoms with Crippen LogP contribution in [-0.4, -0.2) is 22.5 Å².